The molecule has 0 atom stereocenters. The summed E-state index contributed by atoms with van der Waals surface area (Å²) in [7, 11) is 0. The van der Waals surface area contributed by atoms with Crippen LogP contribution in [0, 0.1) is 12.3 Å². The van der Waals surface area contributed by atoms with Gasteiger partial charge < -0.3 is 10.7 Å². The van der Waals surface area contributed by atoms with Crippen molar-refractivity contribution in [3.63, 3.8) is 0 Å². The third kappa shape index (κ3) is 3.05. The van der Waals surface area contributed by atoms with Crippen molar-refractivity contribution >= 4 is 28.6 Å². The van der Waals surface area contributed by atoms with E-state index in [9.17, 15) is 0 Å². The average molecular weight is 297 g/mol. The van der Waals surface area contributed by atoms with Gasteiger partial charge in [0.05, 0.1) is 11.0 Å². The maximum atomic E-state index is 7.41. The molecule has 106 valence electrons. The van der Waals surface area contributed by atoms with Crippen molar-refractivity contribution in [1.29, 1.82) is 5.41 Å². The highest BCUT2D eigenvalue weighted by atomic mass is 32.2. The molecule has 0 radical (unpaired) electrons. The molecule has 6 heteroatoms. The third-order valence-corrected chi connectivity index (χ3v) is 4.04. The predicted molar refractivity (Wildman–Crippen MR) is 85.6 cm³/mol. The van der Waals surface area contributed by atoms with Gasteiger partial charge >= 0.3 is 0 Å². The Bertz CT molecular complexity index is 809. The molecule has 5 nitrogen and oxygen atoms in total. The van der Waals surface area contributed by atoms with Gasteiger partial charge in [0.15, 0.2) is 5.16 Å². The molecule has 0 bridgehead atoms. The van der Waals surface area contributed by atoms with Gasteiger partial charge in [0.2, 0.25) is 0 Å². The highest BCUT2D eigenvalue weighted by Crippen LogP contribution is 2.23. The molecule has 4 N–H and O–H groups in total. The van der Waals surface area contributed by atoms with Crippen molar-refractivity contribution in [3.8, 4) is 0 Å². The molecule has 3 rings (SSSR count). The van der Waals surface area contributed by atoms with Crippen LogP contribution < -0.4 is 5.73 Å². The van der Waals surface area contributed by atoms with Gasteiger partial charge in [0, 0.05) is 11.9 Å². The van der Waals surface area contributed by atoms with Gasteiger partial charge in [-0.25, -0.2) is 4.98 Å². The fraction of sp³-hybridized carbons (Fsp3) is 0.133. The monoisotopic (exact) mass is 297 g/mol. The minimum Gasteiger partial charge on any atom is -0.382 e. The lowest BCUT2D eigenvalue weighted by molar-refractivity contribution is 1.08. The van der Waals surface area contributed by atoms with E-state index >= 15 is 0 Å². The van der Waals surface area contributed by atoms with E-state index in [1.165, 1.54) is 5.56 Å². The summed E-state index contributed by atoms with van der Waals surface area (Å²) in [6.45, 7) is 2.06. The number of rotatable bonds is 4. The first-order valence-corrected chi connectivity index (χ1v) is 7.49. The number of nitrogens with one attached hydrogen (secondary N) is 2. The molecule has 2 heterocycles. The Morgan fingerprint density at radius 2 is 2.19 bits per heavy atom. The summed E-state index contributed by atoms with van der Waals surface area (Å²) in [4.78, 5) is 11.9. The fourth-order valence-corrected chi connectivity index (χ4v) is 2.86. The molecule has 1 aromatic carbocycles. The number of hydrogen-bond acceptors (Lipinski definition) is 4. The van der Waals surface area contributed by atoms with Gasteiger partial charge in [-0.15, -0.1) is 0 Å². The lowest BCUT2D eigenvalue weighted by atomic mass is 10.2. The number of pyridine rings is 1. The Kier molecular flexibility index (Phi) is 3.62. The molecule has 2 aromatic heterocycles. The number of nitrogens with two attached hydrogens (primary N) is 1. The van der Waals surface area contributed by atoms with Crippen LogP contribution in [0.25, 0.3) is 11.0 Å². The van der Waals surface area contributed by atoms with Gasteiger partial charge in [-0.1, -0.05) is 17.8 Å². The van der Waals surface area contributed by atoms with Crippen molar-refractivity contribution in [2.24, 2.45) is 5.73 Å². The lowest BCUT2D eigenvalue weighted by Gasteiger charge is -2.01. The molecule has 3 aromatic rings. The van der Waals surface area contributed by atoms with E-state index in [4.69, 9.17) is 11.1 Å². The Labute approximate surface area is 126 Å². The minimum atomic E-state index is -0.0129. The Balaban J connectivity index is 1.77. The van der Waals surface area contributed by atoms with E-state index in [1.807, 2.05) is 18.2 Å². The second-order valence-electron chi connectivity index (χ2n) is 4.81. The topological polar surface area (TPSA) is 91.4 Å². The largest absolute Gasteiger partial charge is 0.382 e. The first-order chi connectivity index (χ1) is 10.1. The molecule has 0 spiro atoms. The lowest BCUT2D eigenvalue weighted by Crippen LogP contribution is -2.13. The number of aryl methyl sites for hydroxylation is 1. The molecule has 0 fully saturated rings. The van der Waals surface area contributed by atoms with Crippen LogP contribution in [0.2, 0.25) is 0 Å². The summed E-state index contributed by atoms with van der Waals surface area (Å²) < 4.78 is 0. The number of hydrogen-bond donors (Lipinski definition) is 3. The summed E-state index contributed by atoms with van der Waals surface area (Å²) in [6, 6.07) is 9.92. The summed E-state index contributed by atoms with van der Waals surface area (Å²) in [6.07, 6.45) is 1.68. The molecule has 0 aliphatic heterocycles. The number of imidazole rings is 1. The fourth-order valence-electron chi connectivity index (χ4n) is 2.03. The maximum absolute atomic E-state index is 7.41. The Morgan fingerprint density at radius 1 is 1.33 bits per heavy atom. The normalized spacial score (nSPS) is 10.9. The van der Waals surface area contributed by atoms with E-state index in [2.05, 4.69) is 34.0 Å². The van der Waals surface area contributed by atoms with Crippen molar-refractivity contribution in [3.05, 3.63) is 53.3 Å². The number of amidine groups is 1. The van der Waals surface area contributed by atoms with Crippen LogP contribution in [0.1, 0.15) is 16.8 Å². The van der Waals surface area contributed by atoms with Gasteiger partial charge in [-0.05, 0) is 42.3 Å². The second kappa shape index (κ2) is 5.57. The maximum Gasteiger partial charge on any atom is 0.166 e. The molecule has 0 amide bonds. The van der Waals surface area contributed by atoms with Crippen LogP contribution in [0.15, 0.2) is 41.7 Å². The van der Waals surface area contributed by atoms with Crippen LogP contribution in [-0.2, 0) is 5.75 Å². The first-order valence-electron chi connectivity index (χ1n) is 6.50. The number of H-pyrrole nitrogens is 1. The summed E-state index contributed by atoms with van der Waals surface area (Å²) in [5, 5.41) is 8.30. The van der Waals surface area contributed by atoms with Crippen molar-refractivity contribution < 1.29 is 0 Å². The highest BCUT2D eigenvalue weighted by molar-refractivity contribution is 7.98. The van der Waals surface area contributed by atoms with E-state index in [-0.39, 0.29) is 5.84 Å². The summed E-state index contributed by atoms with van der Waals surface area (Å²) in [5.74, 6) is 0.739. The molecule has 0 unspecified atom stereocenters. The Hall–Kier alpha value is -2.34. The summed E-state index contributed by atoms with van der Waals surface area (Å²) in [5.41, 5.74) is 10.3. The number of nitrogen functional groups attached to an aromatic ring is 1. The molecule has 0 saturated heterocycles. The molecular formula is C15H15N5S. The number of thioether (sulfide) groups is 1. The van der Waals surface area contributed by atoms with Crippen molar-refractivity contribution in [1.82, 2.24) is 15.0 Å². The van der Waals surface area contributed by atoms with Crippen molar-refractivity contribution in [2.45, 2.75) is 17.8 Å². The van der Waals surface area contributed by atoms with Gasteiger partial charge in [-0.2, -0.15) is 0 Å². The predicted octanol–water partition coefficient (Wildman–Crippen LogP) is 2.84. The number of aromatic amines is 1. The van der Waals surface area contributed by atoms with Crippen LogP contribution in [0.4, 0.5) is 0 Å². The number of aromatic nitrogens is 3. The van der Waals surface area contributed by atoms with Gasteiger partial charge in [-0.3, -0.25) is 10.4 Å². The number of nitrogens with zero attached hydrogens (tertiary/aromatic N) is 2. The van der Waals surface area contributed by atoms with Gasteiger partial charge in [0.1, 0.15) is 11.5 Å². The quantitative estimate of drug-likeness (QED) is 0.392. The first kappa shape index (κ1) is 13.6. The second-order valence-corrected chi connectivity index (χ2v) is 5.78. The zero-order valence-corrected chi connectivity index (χ0v) is 12.4. The highest BCUT2D eigenvalue weighted by Gasteiger charge is 2.05. The number of fused-ring (bicyclic) bond motifs is 1. The SMILES string of the molecule is Cc1ccc2nc(SCc3ccnc(C(=N)N)c3)[nH]c2c1. The van der Waals surface area contributed by atoms with Crippen LogP contribution in [-0.4, -0.2) is 20.8 Å². The summed E-state index contributed by atoms with van der Waals surface area (Å²) >= 11 is 1.62. The van der Waals surface area contributed by atoms with E-state index < -0.39 is 0 Å². The molecular weight excluding hydrogens is 282 g/mol. The van der Waals surface area contributed by atoms with Crippen LogP contribution in [0.5, 0.6) is 0 Å². The average Bonchev–Trinajstić information content (AvgIpc) is 2.87. The van der Waals surface area contributed by atoms with E-state index in [0.717, 1.165) is 27.5 Å². The van der Waals surface area contributed by atoms with Crippen LogP contribution in [0.3, 0.4) is 0 Å². The van der Waals surface area contributed by atoms with Crippen LogP contribution >= 0.6 is 11.8 Å². The molecule has 0 aliphatic rings. The smallest absolute Gasteiger partial charge is 0.166 e. The van der Waals surface area contributed by atoms with Gasteiger partial charge in [0.25, 0.3) is 0 Å². The minimum absolute atomic E-state index is 0.0129. The standard InChI is InChI=1S/C15H15N5S/c1-9-2-3-11-12(6-9)20-15(19-11)21-8-10-4-5-18-13(7-10)14(16)17/h2-7H,8H2,1H3,(H3,16,17)(H,19,20). The Morgan fingerprint density at radius 3 is 3.00 bits per heavy atom. The molecule has 0 saturated carbocycles. The molecule has 21 heavy (non-hydrogen) atoms. The zero-order valence-electron chi connectivity index (χ0n) is 11.6. The third-order valence-electron chi connectivity index (χ3n) is 3.09. The van der Waals surface area contributed by atoms with E-state index in [0.29, 0.717) is 5.69 Å². The van der Waals surface area contributed by atoms with E-state index in [1.54, 1.807) is 18.0 Å². The van der Waals surface area contributed by atoms with Crippen molar-refractivity contribution in [2.75, 3.05) is 0 Å². The molecule has 0 aliphatic carbocycles. The zero-order chi connectivity index (χ0) is 14.8. The number of benzene rings is 1.